The number of amides is 2. The molecule has 1 aromatic carbocycles. The maximum Gasteiger partial charge on any atom is 0.270 e. The minimum absolute atomic E-state index is 0.0939. The summed E-state index contributed by atoms with van der Waals surface area (Å²) < 4.78 is 30.9. The molecule has 10 heteroatoms. The predicted molar refractivity (Wildman–Crippen MR) is 140 cm³/mol. The molecule has 0 bridgehead atoms. The number of halogens is 2. The van der Waals surface area contributed by atoms with Crippen LogP contribution in [0.2, 0.25) is 0 Å². The largest absolute Gasteiger partial charge is 0.618 e. The van der Waals surface area contributed by atoms with Crippen molar-refractivity contribution in [1.29, 1.82) is 0 Å². The molecular formula is C28H33F2N5O3. The van der Waals surface area contributed by atoms with Crippen molar-refractivity contribution in [2.75, 3.05) is 5.32 Å². The quantitative estimate of drug-likeness (QED) is 0.337. The van der Waals surface area contributed by atoms with E-state index in [1.54, 1.807) is 37.3 Å². The van der Waals surface area contributed by atoms with Crippen LogP contribution in [0, 0.1) is 25.0 Å². The van der Waals surface area contributed by atoms with Gasteiger partial charge < -0.3 is 15.8 Å². The van der Waals surface area contributed by atoms with Crippen LogP contribution in [0.1, 0.15) is 67.3 Å². The van der Waals surface area contributed by atoms with Crippen LogP contribution >= 0.6 is 0 Å². The molecule has 2 amide bonds. The Balaban J connectivity index is 1.57. The van der Waals surface area contributed by atoms with Crippen molar-refractivity contribution in [1.82, 2.24) is 15.1 Å². The number of nitrogens with zero attached hydrogens (tertiary/aromatic N) is 3. The average Bonchev–Trinajstić information content (AvgIpc) is 3.36. The molecule has 1 aliphatic rings. The average molecular weight is 526 g/mol. The molecule has 3 aromatic rings. The Morgan fingerprint density at radius 1 is 1.16 bits per heavy atom. The summed E-state index contributed by atoms with van der Waals surface area (Å²) in [5, 5.41) is 21.7. The Labute approximate surface area is 220 Å². The number of carbonyl (C=O) groups is 2. The lowest BCUT2D eigenvalue weighted by Gasteiger charge is -2.34. The van der Waals surface area contributed by atoms with E-state index in [4.69, 9.17) is 0 Å². The fraction of sp³-hybridized carbons (Fsp3) is 0.429. The molecule has 0 spiro atoms. The van der Waals surface area contributed by atoms with Gasteiger partial charge in [-0.2, -0.15) is 9.83 Å². The third-order valence-electron chi connectivity index (χ3n) is 7.10. The molecule has 2 atom stereocenters. The molecule has 1 saturated carbocycles. The number of nitrogens with one attached hydrogen (secondary N) is 2. The Morgan fingerprint density at radius 2 is 1.87 bits per heavy atom. The van der Waals surface area contributed by atoms with E-state index in [0.29, 0.717) is 17.8 Å². The van der Waals surface area contributed by atoms with E-state index in [1.165, 1.54) is 23.1 Å². The molecule has 1 fully saturated rings. The van der Waals surface area contributed by atoms with E-state index in [1.807, 2.05) is 20.8 Å². The van der Waals surface area contributed by atoms with E-state index in [0.717, 1.165) is 21.4 Å². The molecule has 2 N–H and O–H groups in total. The number of alkyl halides is 2. The second kappa shape index (κ2) is 10.9. The van der Waals surface area contributed by atoms with Gasteiger partial charge in [0.1, 0.15) is 11.7 Å². The first kappa shape index (κ1) is 27.2. The zero-order valence-electron chi connectivity index (χ0n) is 22.0. The van der Waals surface area contributed by atoms with Crippen molar-refractivity contribution in [3.8, 4) is 11.1 Å². The second-order valence-electron chi connectivity index (χ2n) is 10.3. The maximum absolute atomic E-state index is 14.3. The summed E-state index contributed by atoms with van der Waals surface area (Å²) in [7, 11) is 0. The van der Waals surface area contributed by atoms with Crippen molar-refractivity contribution in [2.24, 2.45) is 5.92 Å². The number of aryl methyl sites for hydroxylation is 1. The fourth-order valence-electron chi connectivity index (χ4n) is 5.16. The Bertz CT molecular complexity index is 1320. The lowest BCUT2D eigenvalue weighted by molar-refractivity contribution is -0.611. The smallest absolute Gasteiger partial charge is 0.270 e. The van der Waals surface area contributed by atoms with Gasteiger partial charge in [0.15, 0.2) is 11.9 Å². The highest BCUT2D eigenvalue weighted by molar-refractivity contribution is 6.00. The lowest BCUT2D eigenvalue weighted by Crippen LogP contribution is -2.51. The minimum atomic E-state index is -2.89. The molecule has 0 saturated heterocycles. The molecular weight excluding hydrogens is 492 g/mol. The summed E-state index contributed by atoms with van der Waals surface area (Å²) in [5.74, 6) is -4.72. The van der Waals surface area contributed by atoms with Crippen LogP contribution < -0.4 is 15.4 Å². The first-order valence-corrected chi connectivity index (χ1v) is 12.8. The first-order chi connectivity index (χ1) is 18.0. The maximum atomic E-state index is 14.3. The highest BCUT2D eigenvalue weighted by atomic mass is 19.3. The molecule has 8 nitrogen and oxygen atoms in total. The first-order valence-electron chi connectivity index (χ1n) is 12.8. The van der Waals surface area contributed by atoms with Gasteiger partial charge in [-0.3, -0.25) is 14.3 Å². The van der Waals surface area contributed by atoms with Crippen molar-refractivity contribution in [2.45, 2.75) is 71.4 Å². The van der Waals surface area contributed by atoms with E-state index in [2.05, 4.69) is 15.7 Å². The van der Waals surface area contributed by atoms with Crippen molar-refractivity contribution in [3.05, 3.63) is 71.0 Å². The van der Waals surface area contributed by atoms with Gasteiger partial charge in [0, 0.05) is 43.8 Å². The van der Waals surface area contributed by atoms with Gasteiger partial charge in [0.25, 0.3) is 5.91 Å². The van der Waals surface area contributed by atoms with Crippen LogP contribution in [0.3, 0.4) is 0 Å². The van der Waals surface area contributed by atoms with Gasteiger partial charge in [0.05, 0.1) is 5.56 Å². The van der Waals surface area contributed by atoms with E-state index < -0.39 is 36.1 Å². The van der Waals surface area contributed by atoms with E-state index in [-0.39, 0.29) is 24.6 Å². The van der Waals surface area contributed by atoms with Crippen LogP contribution in [0.15, 0.2) is 48.8 Å². The molecule has 0 radical (unpaired) electrons. The monoisotopic (exact) mass is 525 g/mol. The summed E-state index contributed by atoms with van der Waals surface area (Å²) in [6.45, 7) is 7.39. The van der Waals surface area contributed by atoms with Crippen molar-refractivity contribution >= 4 is 17.5 Å². The zero-order chi connectivity index (χ0) is 27.6. The van der Waals surface area contributed by atoms with E-state index >= 15 is 0 Å². The van der Waals surface area contributed by atoms with Crippen LogP contribution in [0.25, 0.3) is 11.1 Å². The van der Waals surface area contributed by atoms with Gasteiger partial charge in [-0.1, -0.05) is 12.1 Å². The molecule has 38 heavy (non-hydrogen) atoms. The third kappa shape index (κ3) is 5.84. The van der Waals surface area contributed by atoms with Crippen LogP contribution in [0.4, 0.5) is 14.5 Å². The van der Waals surface area contributed by atoms with Gasteiger partial charge in [0.2, 0.25) is 11.8 Å². The van der Waals surface area contributed by atoms with Crippen molar-refractivity contribution < 1.29 is 23.1 Å². The Kier molecular flexibility index (Phi) is 7.80. The standard InChI is InChI=1S/C28H33F2N5O3/c1-17(2)35-23(11-14-31-35)26(36)33-25(21-6-5-13-28(29,30)16-21)27(37)32-22-9-7-20(8-10-22)24-18(3)12-15-34(38)19(24)4/h7-12,14-15,17,21,25H,5-6,13,16H2,1-4H3,(H,32,37)(H,33,36). The van der Waals surface area contributed by atoms with Crippen molar-refractivity contribution in [3.63, 3.8) is 0 Å². The Hall–Kier alpha value is -3.82. The number of hydrogen-bond donors (Lipinski definition) is 2. The molecule has 4 rings (SSSR count). The summed E-state index contributed by atoms with van der Waals surface area (Å²) >= 11 is 0. The normalized spacial score (nSPS) is 17.7. The predicted octanol–water partition coefficient (Wildman–Crippen LogP) is 4.94. The second-order valence-corrected chi connectivity index (χ2v) is 10.3. The van der Waals surface area contributed by atoms with Gasteiger partial charge >= 0.3 is 0 Å². The van der Waals surface area contributed by atoms with Gasteiger partial charge in [-0.25, -0.2) is 8.78 Å². The lowest BCUT2D eigenvalue weighted by atomic mass is 9.81. The number of aromatic nitrogens is 3. The Morgan fingerprint density at radius 3 is 2.53 bits per heavy atom. The summed E-state index contributed by atoms with van der Waals surface area (Å²) in [6.07, 6.45) is 2.92. The number of rotatable bonds is 7. The highest BCUT2D eigenvalue weighted by Crippen LogP contribution is 2.38. The number of carbonyl (C=O) groups excluding carboxylic acids is 2. The molecule has 2 unspecified atom stereocenters. The molecule has 1 aliphatic carbocycles. The SMILES string of the molecule is Cc1cc[n+]([O-])c(C)c1-c1ccc(NC(=O)C(NC(=O)c2ccnn2C(C)C)C2CCCC(F)(F)C2)cc1. The van der Waals surface area contributed by atoms with Gasteiger partial charge in [-0.05, 0) is 68.9 Å². The fourth-order valence-corrected chi connectivity index (χ4v) is 5.16. The van der Waals surface area contributed by atoms with Gasteiger partial charge in [-0.15, -0.1) is 0 Å². The minimum Gasteiger partial charge on any atom is -0.618 e. The topological polar surface area (TPSA) is 103 Å². The highest BCUT2D eigenvalue weighted by Gasteiger charge is 2.42. The number of anilines is 1. The number of benzene rings is 1. The molecule has 0 aliphatic heterocycles. The van der Waals surface area contributed by atoms with E-state index in [9.17, 15) is 23.6 Å². The van der Waals surface area contributed by atoms with Crippen LogP contribution in [0.5, 0.6) is 0 Å². The molecule has 202 valence electrons. The third-order valence-corrected chi connectivity index (χ3v) is 7.10. The number of pyridine rings is 1. The molecule has 2 aromatic heterocycles. The van der Waals surface area contributed by atoms with Crippen LogP contribution in [-0.4, -0.2) is 33.6 Å². The molecule has 2 heterocycles. The number of hydrogen-bond acceptors (Lipinski definition) is 4. The summed E-state index contributed by atoms with van der Waals surface area (Å²) in [4.78, 5) is 26.5. The zero-order valence-corrected chi connectivity index (χ0v) is 22.0. The summed E-state index contributed by atoms with van der Waals surface area (Å²) in [6, 6.07) is 8.99. The van der Waals surface area contributed by atoms with Crippen LogP contribution in [-0.2, 0) is 4.79 Å². The summed E-state index contributed by atoms with van der Waals surface area (Å²) in [5.41, 5.74) is 3.82.